The summed E-state index contributed by atoms with van der Waals surface area (Å²) in [4.78, 5) is 10.5. The Labute approximate surface area is 53.5 Å². The van der Waals surface area contributed by atoms with Crippen molar-refractivity contribution in [3.63, 3.8) is 0 Å². The highest BCUT2D eigenvalue weighted by molar-refractivity contribution is 6.28. The Hall–Kier alpha value is -0.0800. The van der Waals surface area contributed by atoms with Crippen molar-refractivity contribution in [1.82, 2.24) is 0 Å². The molecule has 0 saturated carbocycles. The molecule has 0 unspecified atom stereocenters. The Balaban J connectivity index is 3.82. The van der Waals surface area contributed by atoms with Crippen LogP contribution in [0, 0.1) is 0 Å². The summed E-state index contributed by atoms with van der Waals surface area (Å²) < 4.78 is 0. The zero-order chi connectivity index (χ0) is 6.78. The van der Waals surface area contributed by atoms with Gasteiger partial charge in [-0.1, -0.05) is 0 Å². The van der Waals surface area contributed by atoms with E-state index in [1.807, 2.05) is 0 Å². The van der Waals surface area contributed by atoms with Gasteiger partial charge in [-0.05, 0) is 13.8 Å². The molecule has 1 N–H and O–H groups in total. The van der Waals surface area contributed by atoms with Gasteiger partial charge >= 0.3 is 0 Å². The molecule has 0 aliphatic heterocycles. The molecule has 0 radical (unpaired) electrons. The van der Waals surface area contributed by atoms with Crippen molar-refractivity contribution in [3.8, 4) is 0 Å². The normalized spacial score (nSPS) is 11.5. The second-order valence-corrected chi connectivity index (χ2v) is 2.38. The van der Waals surface area contributed by atoms with Gasteiger partial charge in [-0.3, -0.25) is 4.79 Å². The number of carbonyl (C=O) groups excluding carboxylic acids is 1. The molecule has 3 heteroatoms. The summed E-state index contributed by atoms with van der Waals surface area (Å²) in [5.74, 6) is -0.470. The first-order valence-corrected chi connectivity index (χ1v) is 2.83. The Bertz CT molecular complexity index is 93.1. The van der Waals surface area contributed by atoms with Gasteiger partial charge in [0.1, 0.15) is 5.60 Å². The molecule has 0 aromatic heterocycles. The number of Topliss-reactive ketones (excluding diaryl/α,β-unsaturated/α-hetero) is 1. The first-order valence-electron chi connectivity index (χ1n) is 2.30. The summed E-state index contributed by atoms with van der Waals surface area (Å²) in [6.07, 6.45) is 0. The first kappa shape index (κ1) is 7.92. The monoisotopic (exact) mass is 136 g/mol. The Morgan fingerprint density at radius 1 is 1.75 bits per heavy atom. The van der Waals surface area contributed by atoms with Gasteiger partial charge in [0.15, 0.2) is 5.78 Å². The van der Waals surface area contributed by atoms with Gasteiger partial charge in [0.05, 0.1) is 5.88 Å². The van der Waals surface area contributed by atoms with Crippen molar-refractivity contribution in [3.05, 3.63) is 0 Å². The smallest absolute Gasteiger partial charge is 0.178 e. The van der Waals surface area contributed by atoms with Gasteiger partial charge in [-0.2, -0.15) is 0 Å². The van der Waals surface area contributed by atoms with E-state index in [0.29, 0.717) is 0 Å². The van der Waals surface area contributed by atoms with Crippen LogP contribution in [0.4, 0.5) is 0 Å². The minimum atomic E-state index is -1.26. The van der Waals surface area contributed by atoms with Crippen LogP contribution < -0.4 is 0 Å². The van der Waals surface area contributed by atoms with Gasteiger partial charge in [-0.15, -0.1) is 11.6 Å². The van der Waals surface area contributed by atoms with E-state index in [2.05, 4.69) is 0 Å². The number of hydrogen-bond acceptors (Lipinski definition) is 2. The van der Waals surface area contributed by atoms with Gasteiger partial charge in [0, 0.05) is 0 Å². The standard InChI is InChI=1S/C5H9ClO2/c1-5(2,8)4(7)3-6/h8H,3H2,1-2H3. The molecule has 0 rings (SSSR count). The van der Waals surface area contributed by atoms with E-state index in [1.54, 1.807) is 0 Å². The number of halogens is 1. The lowest BCUT2D eigenvalue weighted by Crippen LogP contribution is -2.31. The van der Waals surface area contributed by atoms with Crippen molar-refractivity contribution in [2.75, 3.05) is 5.88 Å². The summed E-state index contributed by atoms with van der Waals surface area (Å²) in [5.41, 5.74) is -1.26. The van der Waals surface area contributed by atoms with Crippen LogP contribution in [0.2, 0.25) is 0 Å². The number of carbonyl (C=O) groups is 1. The van der Waals surface area contributed by atoms with Crippen LogP contribution in [0.15, 0.2) is 0 Å². The summed E-state index contributed by atoms with van der Waals surface area (Å²) in [5, 5.41) is 8.85. The second-order valence-electron chi connectivity index (χ2n) is 2.12. The predicted octanol–water partition coefficient (Wildman–Crippen LogP) is 0.565. The van der Waals surface area contributed by atoms with E-state index >= 15 is 0 Å². The predicted molar refractivity (Wildman–Crippen MR) is 32.0 cm³/mol. The third-order valence-corrected chi connectivity index (χ3v) is 1.05. The summed E-state index contributed by atoms with van der Waals surface area (Å²) in [7, 11) is 0. The number of rotatable bonds is 2. The fraction of sp³-hybridized carbons (Fsp3) is 0.800. The number of aliphatic hydroxyl groups is 1. The van der Waals surface area contributed by atoms with Gasteiger partial charge in [0.2, 0.25) is 0 Å². The van der Waals surface area contributed by atoms with Gasteiger partial charge < -0.3 is 5.11 Å². The van der Waals surface area contributed by atoms with Gasteiger partial charge in [-0.25, -0.2) is 0 Å². The van der Waals surface area contributed by atoms with Crippen LogP contribution in [0.3, 0.4) is 0 Å². The van der Waals surface area contributed by atoms with Crippen molar-refractivity contribution < 1.29 is 9.90 Å². The third-order valence-electron chi connectivity index (χ3n) is 0.804. The van der Waals surface area contributed by atoms with Crippen molar-refractivity contribution in [2.45, 2.75) is 19.4 Å². The van der Waals surface area contributed by atoms with Crippen LogP contribution in [-0.4, -0.2) is 22.4 Å². The number of ketones is 1. The lowest BCUT2D eigenvalue weighted by molar-refractivity contribution is -0.131. The molecule has 0 amide bonds. The molecular formula is C5H9ClO2. The lowest BCUT2D eigenvalue weighted by atomic mass is 10.1. The fourth-order valence-corrected chi connectivity index (χ4v) is 0.491. The highest BCUT2D eigenvalue weighted by atomic mass is 35.5. The summed E-state index contributed by atoms with van der Waals surface area (Å²) >= 11 is 5.13. The minimum absolute atomic E-state index is 0.122. The van der Waals surface area contributed by atoms with E-state index < -0.39 is 5.60 Å². The molecule has 48 valence electrons. The highest BCUT2D eigenvalue weighted by Gasteiger charge is 2.21. The van der Waals surface area contributed by atoms with E-state index in [0.717, 1.165) is 0 Å². The molecule has 2 nitrogen and oxygen atoms in total. The molecule has 0 atom stereocenters. The fourth-order valence-electron chi connectivity index (χ4n) is 0.164. The van der Waals surface area contributed by atoms with Crippen LogP contribution in [-0.2, 0) is 4.79 Å². The molecular weight excluding hydrogens is 128 g/mol. The Morgan fingerprint density at radius 2 is 2.12 bits per heavy atom. The van der Waals surface area contributed by atoms with E-state index in [1.165, 1.54) is 13.8 Å². The average Bonchev–Trinajstić information content (AvgIpc) is 1.62. The Morgan fingerprint density at radius 3 is 2.12 bits per heavy atom. The molecule has 0 bridgehead atoms. The maximum atomic E-state index is 10.5. The lowest BCUT2D eigenvalue weighted by Gasteiger charge is -2.11. The maximum absolute atomic E-state index is 10.5. The van der Waals surface area contributed by atoms with E-state index in [4.69, 9.17) is 16.7 Å². The first-order chi connectivity index (χ1) is 3.48. The van der Waals surface area contributed by atoms with Crippen molar-refractivity contribution in [2.24, 2.45) is 0 Å². The molecule has 0 spiro atoms. The highest BCUT2D eigenvalue weighted by Crippen LogP contribution is 2.02. The molecule has 0 aromatic rings. The molecule has 0 aliphatic rings. The van der Waals surface area contributed by atoms with Crippen LogP contribution in [0.1, 0.15) is 13.8 Å². The maximum Gasteiger partial charge on any atom is 0.178 e. The molecule has 0 fully saturated rings. The topological polar surface area (TPSA) is 37.3 Å². The molecule has 8 heavy (non-hydrogen) atoms. The van der Waals surface area contributed by atoms with Crippen molar-refractivity contribution in [1.29, 1.82) is 0 Å². The zero-order valence-electron chi connectivity index (χ0n) is 4.94. The SMILES string of the molecule is CC(C)(O)C(=O)CCl. The molecule has 0 aromatic carbocycles. The summed E-state index contributed by atoms with van der Waals surface area (Å²) in [6.45, 7) is 2.83. The second kappa shape index (κ2) is 2.46. The third kappa shape index (κ3) is 2.28. The van der Waals surface area contributed by atoms with E-state index in [9.17, 15) is 4.79 Å². The molecule has 0 aliphatic carbocycles. The van der Waals surface area contributed by atoms with Gasteiger partial charge in [0.25, 0.3) is 0 Å². The molecule has 0 heterocycles. The average molecular weight is 137 g/mol. The van der Waals surface area contributed by atoms with E-state index in [-0.39, 0.29) is 11.7 Å². The number of hydrogen-bond donors (Lipinski definition) is 1. The largest absolute Gasteiger partial charge is 0.383 e. The van der Waals surface area contributed by atoms with Crippen LogP contribution >= 0.6 is 11.6 Å². The van der Waals surface area contributed by atoms with Crippen LogP contribution in [0.5, 0.6) is 0 Å². The number of alkyl halides is 1. The molecule has 0 saturated heterocycles. The van der Waals surface area contributed by atoms with Crippen LogP contribution in [0.25, 0.3) is 0 Å². The zero-order valence-corrected chi connectivity index (χ0v) is 5.70. The minimum Gasteiger partial charge on any atom is -0.383 e. The Kier molecular flexibility index (Phi) is 2.44. The quantitative estimate of drug-likeness (QED) is 0.564. The van der Waals surface area contributed by atoms with Crippen molar-refractivity contribution >= 4 is 17.4 Å². The summed E-state index contributed by atoms with van der Waals surface area (Å²) in [6, 6.07) is 0.